The van der Waals surface area contributed by atoms with Crippen LogP contribution in [-0.2, 0) is 4.74 Å². The summed E-state index contributed by atoms with van der Waals surface area (Å²) in [6.45, 7) is 5.63. The maximum Gasteiger partial charge on any atom is 0.420 e. The Morgan fingerprint density at radius 3 is 2.62 bits per heavy atom. The van der Waals surface area contributed by atoms with Crippen LogP contribution >= 0.6 is 0 Å². The number of ether oxygens (including phenoxy) is 1. The summed E-state index contributed by atoms with van der Waals surface area (Å²) in [5, 5.41) is 8.73. The lowest BCUT2D eigenvalue weighted by molar-refractivity contribution is 0.0539. The Hall–Kier alpha value is -2.58. The standard InChI is InChI=1S/C19H22N2O3/c1-19(2,3)24-18(23)21-13-12-20-17(21)16-10-8-15(9-11-16)7-5-4-6-14-22/h8-13,22H,4,6,14H2,1-3H3. The molecular formula is C19H22N2O3. The molecule has 0 atom stereocenters. The number of nitrogens with zero attached hydrogens (tertiary/aromatic N) is 2. The monoisotopic (exact) mass is 326 g/mol. The number of hydrogen-bond donors (Lipinski definition) is 1. The van der Waals surface area contributed by atoms with Crippen molar-refractivity contribution in [2.75, 3.05) is 6.61 Å². The van der Waals surface area contributed by atoms with E-state index in [9.17, 15) is 4.79 Å². The Labute approximate surface area is 142 Å². The van der Waals surface area contributed by atoms with Gasteiger partial charge in [0.1, 0.15) is 11.4 Å². The summed E-state index contributed by atoms with van der Waals surface area (Å²) in [5.74, 6) is 6.58. The van der Waals surface area contributed by atoms with Crippen LogP contribution in [0.1, 0.15) is 39.2 Å². The highest BCUT2D eigenvalue weighted by molar-refractivity contribution is 5.77. The van der Waals surface area contributed by atoms with Crippen LogP contribution in [0.25, 0.3) is 11.4 Å². The van der Waals surface area contributed by atoms with E-state index >= 15 is 0 Å². The molecule has 1 aromatic heterocycles. The Bertz CT molecular complexity index is 743. The topological polar surface area (TPSA) is 64.4 Å². The Kier molecular flexibility index (Phi) is 5.78. The van der Waals surface area contributed by atoms with Crippen molar-refractivity contribution < 1.29 is 14.6 Å². The summed E-state index contributed by atoms with van der Waals surface area (Å²) in [6, 6.07) is 7.52. The number of aliphatic hydroxyl groups excluding tert-OH is 1. The van der Waals surface area contributed by atoms with Gasteiger partial charge in [-0.3, -0.25) is 0 Å². The minimum atomic E-state index is -0.563. The normalized spacial score (nSPS) is 10.8. The van der Waals surface area contributed by atoms with Gasteiger partial charge < -0.3 is 9.84 Å². The Morgan fingerprint density at radius 1 is 1.29 bits per heavy atom. The van der Waals surface area contributed by atoms with Crippen molar-refractivity contribution in [1.82, 2.24) is 9.55 Å². The molecule has 0 unspecified atom stereocenters. The van der Waals surface area contributed by atoms with E-state index in [2.05, 4.69) is 16.8 Å². The average molecular weight is 326 g/mol. The van der Waals surface area contributed by atoms with Gasteiger partial charge in [0.05, 0.1) is 0 Å². The van der Waals surface area contributed by atoms with E-state index in [1.165, 1.54) is 4.57 Å². The van der Waals surface area contributed by atoms with Gasteiger partial charge in [0.25, 0.3) is 0 Å². The van der Waals surface area contributed by atoms with Crippen LogP contribution < -0.4 is 0 Å². The van der Waals surface area contributed by atoms with Gasteiger partial charge in [0.15, 0.2) is 0 Å². The molecule has 0 amide bonds. The molecule has 2 rings (SSSR count). The molecule has 5 nitrogen and oxygen atoms in total. The second-order valence-electron chi connectivity index (χ2n) is 6.31. The van der Waals surface area contributed by atoms with Crippen LogP contribution in [-0.4, -0.2) is 33.0 Å². The van der Waals surface area contributed by atoms with Crippen molar-refractivity contribution in [1.29, 1.82) is 0 Å². The summed E-state index contributed by atoms with van der Waals surface area (Å²) >= 11 is 0. The van der Waals surface area contributed by atoms with E-state index in [4.69, 9.17) is 9.84 Å². The molecule has 24 heavy (non-hydrogen) atoms. The molecule has 0 saturated carbocycles. The molecule has 126 valence electrons. The third-order valence-electron chi connectivity index (χ3n) is 3.07. The Balaban J connectivity index is 2.16. The number of carbonyl (C=O) groups excluding carboxylic acids is 1. The lowest BCUT2D eigenvalue weighted by atomic mass is 10.1. The molecular weight excluding hydrogens is 304 g/mol. The van der Waals surface area contributed by atoms with E-state index < -0.39 is 11.7 Å². The van der Waals surface area contributed by atoms with Crippen LogP contribution in [0.5, 0.6) is 0 Å². The first-order valence-corrected chi connectivity index (χ1v) is 7.87. The van der Waals surface area contributed by atoms with Gasteiger partial charge in [0, 0.05) is 36.5 Å². The van der Waals surface area contributed by atoms with E-state index in [1.54, 1.807) is 12.4 Å². The first-order valence-electron chi connectivity index (χ1n) is 7.87. The molecule has 0 radical (unpaired) electrons. The fourth-order valence-electron chi connectivity index (χ4n) is 2.01. The van der Waals surface area contributed by atoms with Crippen molar-refractivity contribution in [3.63, 3.8) is 0 Å². The highest BCUT2D eigenvalue weighted by Crippen LogP contribution is 2.19. The number of imidazole rings is 1. The molecule has 0 bridgehead atoms. The van der Waals surface area contributed by atoms with Crippen LogP contribution in [0, 0.1) is 11.8 Å². The summed E-state index contributed by atoms with van der Waals surface area (Å²) in [4.78, 5) is 16.5. The number of aromatic nitrogens is 2. The lowest BCUT2D eigenvalue weighted by Crippen LogP contribution is -2.27. The highest BCUT2D eigenvalue weighted by Gasteiger charge is 2.20. The Morgan fingerprint density at radius 2 is 2.00 bits per heavy atom. The van der Waals surface area contributed by atoms with Crippen molar-refractivity contribution in [3.8, 4) is 23.2 Å². The van der Waals surface area contributed by atoms with Gasteiger partial charge in [-0.1, -0.05) is 24.0 Å². The number of rotatable bonds is 3. The third kappa shape index (κ3) is 4.97. The summed E-state index contributed by atoms with van der Waals surface area (Å²) < 4.78 is 6.78. The van der Waals surface area contributed by atoms with Gasteiger partial charge in [0.2, 0.25) is 0 Å². The second-order valence-corrected chi connectivity index (χ2v) is 6.31. The van der Waals surface area contributed by atoms with Crippen LogP contribution in [0.2, 0.25) is 0 Å². The highest BCUT2D eigenvalue weighted by atomic mass is 16.6. The minimum Gasteiger partial charge on any atom is -0.443 e. The van der Waals surface area contributed by atoms with Gasteiger partial charge in [-0.2, -0.15) is 0 Å². The third-order valence-corrected chi connectivity index (χ3v) is 3.07. The predicted octanol–water partition coefficient (Wildman–Crippen LogP) is 3.46. The SMILES string of the molecule is CC(C)(C)OC(=O)n1ccnc1-c1ccc(C#CCCCO)cc1. The molecule has 1 aromatic carbocycles. The van der Waals surface area contributed by atoms with Crippen LogP contribution in [0.3, 0.4) is 0 Å². The van der Waals surface area contributed by atoms with Crippen molar-refractivity contribution in [3.05, 3.63) is 42.2 Å². The van der Waals surface area contributed by atoms with Gasteiger partial charge in [-0.15, -0.1) is 0 Å². The molecule has 2 aromatic rings. The fraction of sp³-hybridized carbons (Fsp3) is 0.368. The molecule has 0 fully saturated rings. The van der Waals surface area contributed by atoms with E-state index in [0.717, 1.165) is 11.1 Å². The number of carbonyl (C=O) groups is 1. The number of unbranched alkanes of at least 4 members (excludes halogenated alkanes) is 1. The zero-order chi connectivity index (χ0) is 17.6. The largest absolute Gasteiger partial charge is 0.443 e. The average Bonchev–Trinajstić information content (AvgIpc) is 3.00. The predicted molar refractivity (Wildman–Crippen MR) is 92.5 cm³/mol. The van der Waals surface area contributed by atoms with Crippen LogP contribution in [0.4, 0.5) is 4.79 Å². The fourth-order valence-corrected chi connectivity index (χ4v) is 2.01. The van der Waals surface area contributed by atoms with Crippen molar-refractivity contribution in [2.24, 2.45) is 0 Å². The first-order chi connectivity index (χ1) is 11.4. The molecule has 0 aliphatic heterocycles. The second kappa shape index (κ2) is 7.80. The minimum absolute atomic E-state index is 0.154. The molecule has 1 heterocycles. The smallest absolute Gasteiger partial charge is 0.420 e. The lowest BCUT2D eigenvalue weighted by Gasteiger charge is -2.20. The summed E-state index contributed by atoms with van der Waals surface area (Å²) in [7, 11) is 0. The van der Waals surface area contributed by atoms with Crippen molar-refractivity contribution >= 4 is 6.09 Å². The zero-order valence-corrected chi connectivity index (χ0v) is 14.2. The maximum absolute atomic E-state index is 12.2. The van der Waals surface area contributed by atoms with Crippen LogP contribution in [0.15, 0.2) is 36.7 Å². The molecule has 0 aliphatic rings. The van der Waals surface area contributed by atoms with Gasteiger partial charge >= 0.3 is 6.09 Å². The number of benzene rings is 1. The first kappa shape index (κ1) is 17.8. The van der Waals surface area contributed by atoms with Gasteiger partial charge in [-0.25, -0.2) is 14.3 Å². The number of aliphatic hydroxyl groups is 1. The summed E-state index contributed by atoms with van der Waals surface area (Å²) in [5.41, 5.74) is 1.13. The quantitative estimate of drug-likeness (QED) is 0.693. The number of hydrogen-bond acceptors (Lipinski definition) is 4. The summed E-state index contributed by atoms with van der Waals surface area (Å²) in [6.07, 6.45) is 4.05. The van der Waals surface area contributed by atoms with E-state index in [0.29, 0.717) is 18.7 Å². The maximum atomic E-state index is 12.2. The van der Waals surface area contributed by atoms with Gasteiger partial charge in [-0.05, 0) is 39.3 Å². The molecule has 0 saturated heterocycles. The van der Waals surface area contributed by atoms with E-state index in [1.807, 2.05) is 45.0 Å². The molecule has 0 aliphatic carbocycles. The molecule has 1 N–H and O–H groups in total. The zero-order valence-electron chi connectivity index (χ0n) is 14.2. The molecule has 5 heteroatoms. The van der Waals surface area contributed by atoms with E-state index in [-0.39, 0.29) is 6.61 Å². The van der Waals surface area contributed by atoms with Crippen molar-refractivity contribution in [2.45, 2.75) is 39.2 Å². The molecule has 0 spiro atoms.